The van der Waals surface area contributed by atoms with Crippen molar-refractivity contribution in [1.29, 1.82) is 0 Å². The van der Waals surface area contributed by atoms with E-state index in [0.29, 0.717) is 17.0 Å². The maximum absolute atomic E-state index is 14.8. The SMILES string of the molecule is Cc1ccccc1C#Cc1ccc(C(CS(=O)O)c2nccn2C)c(F)c1. The zero-order valence-corrected chi connectivity index (χ0v) is 15.8. The summed E-state index contributed by atoms with van der Waals surface area (Å²) in [6.45, 7) is 1.97. The number of hydrogen-bond donors (Lipinski definition) is 1. The van der Waals surface area contributed by atoms with Crippen LogP contribution in [0.3, 0.4) is 0 Å². The van der Waals surface area contributed by atoms with Gasteiger partial charge in [-0.25, -0.2) is 13.6 Å². The summed E-state index contributed by atoms with van der Waals surface area (Å²) in [6.07, 6.45) is 3.31. The highest BCUT2D eigenvalue weighted by molar-refractivity contribution is 7.79. The van der Waals surface area contributed by atoms with Crippen molar-refractivity contribution in [3.63, 3.8) is 0 Å². The summed E-state index contributed by atoms with van der Waals surface area (Å²) in [6, 6.07) is 12.4. The molecule has 6 heteroatoms. The zero-order chi connectivity index (χ0) is 19.4. The van der Waals surface area contributed by atoms with E-state index >= 15 is 0 Å². The van der Waals surface area contributed by atoms with Gasteiger partial charge in [0.2, 0.25) is 0 Å². The summed E-state index contributed by atoms with van der Waals surface area (Å²) < 4.78 is 37.3. The van der Waals surface area contributed by atoms with Gasteiger partial charge in [0.05, 0.1) is 11.7 Å². The number of rotatable bonds is 4. The maximum Gasteiger partial charge on any atom is 0.153 e. The van der Waals surface area contributed by atoms with E-state index in [9.17, 15) is 13.2 Å². The molecule has 0 saturated carbocycles. The molecular weight excluding hydrogens is 363 g/mol. The standard InChI is InChI=1S/C21H19FN2O2S/c1-15-5-3-4-6-17(15)9-7-16-8-10-18(20(22)13-16)19(14-27(25)26)21-23-11-12-24(21)2/h3-6,8,10-13,19H,14H2,1-2H3,(H,25,26). The van der Waals surface area contributed by atoms with Gasteiger partial charge >= 0.3 is 0 Å². The molecule has 2 atom stereocenters. The van der Waals surface area contributed by atoms with Gasteiger partial charge in [0, 0.05) is 30.6 Å². The van der Waals surface area contributed by atoms with Crippen LogP contribution in [0.4, 0.5) is 4.39 Å². The first-order valence-electron chi connectivity index (χ1n) is 8.37. The van der Waals surface area contributed by atoms with E-state index in [2.05, 4.69) is 16.8 Å². The summed E-state index contributed by atoms with van der Waals surface area (Å²) in [7, 11) is 1.77. The lowest BCUT2D eigenvalue weighted by Crippen LogP contribution is -2.16. The average molecular weight is 382 g/mol. The molecule has 3 aromatic rings. The van der Waals surface area contributed by atoms with Crippen molar-refractivity contribution in [2.75, 3.05) is 5.75 Å². The molecule has 3 rings (SSSR count). The molecule has 0 aliphatic rings. The third kappa shape index (κ3) is 4.51. The van der Waals surface area contributed by atoms with Gasteiger partial charge in [-0.1, -0.05) is 36.1 Å². The van der Waals surface area contributed by atoms with Crippen LogP contribution in [0.2, 0.25) is 0 Å². The molecule has 0 aliphatic heterocycles. The topological polar surface area (TPSA) is 55.1 Å². The van der Waals surface area contributed by atoms with Crippen LogP contribution in [0.5, 0.6) is 0 Å². The first kappa shape index (κ1) is 19.0. The molecule has 0 saturated heterocycles. The fourth-order valence-corrected chi connectivity index (χ4v) is 3.51. The minimum Gasteiger partial charge on any atom is -0.337 e. The monoisotopic (exact) mass is 382 g/mol. The average Bonchev–Trinajstić information content (AvgIpc) is 3.05. The number of aryl methyl sites for hydroxylation is 2. The smallest absolute Gasteiger partial charge is 0.153 e. The molecule has 2 unspecified atom stereocenters. The van der Waals surface area contributed by atoms with Crippen molar-refractivity contribution >= 4 is 11.1 Å². The quantitative estimate of drug-likeness (QED) is 0.554. The minimum absolute atomic E-state index is 0.129. The van der Waals surface area contributed by atoms with Crippen LogP contribution >= 0.6 is 0 Å². The second-order valence-corrected chi connectivity index (χ2v) is 7.21. The van der Waals surface area contributed by atoms with Gasteiger partial charge in [-0.15, -0.1) is 0 Å². The van der Waals surface area contributed by atoms with Crippen molar-refractivity contribution in [1.82, 2.24) is 9.55 Å². The molecule has 1 aromatic heterocycles. The lowest BCUT2D eigenvalue weighted by atomic mass is 9.98. The molecular formula is C21H19FN2O2S. The van der Waals surface area contributed by atoms with E-state index in [4.69, 9.17) is 0 Å². The van der Waals surface area contributed by atoms with E-state index in [-0.39, 0.29) is 5.75 Å². The Morgan fingerprint density at radius 3 is 2.67 bits per heavy atom. The Hall–Kier alpha value is -2.75. The fraction of sp³-hybridized carbons (Fsp3) is 0.190. The Bertz CT molecular complexity index is 1050. The first-order chi connectivity index (χ1) is 13.0. The van der Waals surface area contributed by atoms with Gasteiger partial charge in [0.1, 0.15) is 11.6 Å². The third-order valence-corrected chi connectivity index (χ3v) is 4.96. The van der Waals surface area contributed by atoms with E-state index in [1.165, 1.54) is 6.07 Å². The zero-order valence-electron chi connectivity index (χ0n) is 15.0. The highest BCUT2D eigenvalue weighted by Crippen LogP contribution is 2.27. The van der Waals surface area contributed by atoms with Gasteiger partial charge in [-0.05, 0) is 36.2 Å². The highest BCUT2D eigenvalue weighted by atomic mass is 32.2. The Balaban J connectivity index is 1.95. The second kappa shape index (κ2) is 8.30. The van der Waals surface area contributed by atoms with Gasteiger partial charge < -0.3 is 9.12 Å². The van der Waals surface area contributed by atoms with Crippen molar-refractivity contribution < 1.29 is 13.2 Å². The van der Waals surface area contributed by atoms with Crippen LogP contribution in [0, 0.1) is 24.6 Å². The molecule has 2 aromatic carbocycles. The number of imidazole rings is 1. The van der Waals surface area contributed by atoms with Crippen LogP contribution in [0.15, 0.2) is 54.9 Å². The lowest BCUT2D eigenvalue weighted by molar-refractivity contribution is 0.552. The fourth-order valence-electron chi connectivity index (χ4n) is 2.90. The number of hydrogen-bond acceptors (Lipinski definition) is 2. The third-order valence-electron chi connectivity index (χ3n) is 4.34. The van der Waals surface area contributed by atoms with Crippen molar-refractivity contribution in [3.8, 4) is 11.8 Å². The summed E-state index contributed by atoms with van der Waals surface area (Å²) >= 11 is -2.08. The minimum atomic E-state index is -2.08. The molecule has 0 aliphatic carbocycles. The van der Waals surface area contributed by atoms with Crippen LogP contribution in [0.1, 0.15) is 34.0 Å². The largest absolute Gasteiger partial charge is 0.337 e. The van der Waals surface area contributed by atoms with Crippen LogP contribution in [0.25, 0.3) is 0 Å². The van der Waals surface area contributed by atoms with Crippen LogP contribution in [-0.2, 0) is 18.1 Å². The Labute approximate surface area is 160 Å². The first-order valence-corrected chi connectivity index (χ1v) is 9.65. The predicted octanol–water partition coefficient (Wildman–Crippen LogP) is 3.62. The summed E-state index contributed by atoms with van der Waals surface area (Å²) in [5, 5.41) is 0. The van der Waals surface area contributed by atoms with Crippen LogP contribution in [-0.4, -0.2) is 24.1 Å². The summed E-state index contributed by atoms with van der Waals surface area (Å²) in [4.78, 5) is 4.22. The van der Waals surface area contributed by atoms with Crippen molar-refractivity contribution in [3.05, 3.63) is 88.8 Å². The summed E-state index contributed by atoms with van der Waals surface area (Å²) in [5.74, 6) is 5.35. The van der Waals surface area contributed by atoms with Gasteiger partial charge in [0.25, 0.3) is 0 Å². The normalized spacial score (nSPS) is 12.9. The maximum atomic E-state index is 14.8. The van der Waals surface area contributed by atoms with Crippen LogP contribution < -0.4 is 0 Å². The molecule has 27 heavy (non-hydrogen) atoms. The predicted molar refractivity (Wildman–Crippen MR) is 104 cm³/mol. The molecule has 0 fully saturated rings. The Morgan fingerprint density at radius 2 is 2.04 bits per heavy atom. The Morgan fingerprint density at radius 1 is 1.26 bits per heavy atom. The molecule has 1 heterocycles. The molecule has 0 radical (unpaired) electrons. The molecule has 4 nitrogen and oxygen atoms in total. The van der Waals surface area contributed by atoms with Crippen molar-refractivity contribution in [2.45, 2.75) is 12.8 Å². The molecule has 1 N–H and O–H groups in total. The molecule has 0 amide bonds. The van der Waals surface area contributed by atoms with Crippen molar-refractivity contribution in [2.24, 2.45) is 7.05 Å². The van der Waals surface area contributed by atoms with Gasteiger partial charge in [-0.2, -0.15) is 0 Å². The number of benzene rings is 2. The van der Waals surface area contributed by atoms with E-state index in [1.54, 1.807) is 36.1 Å². The molecule has 0 bridgehead atoms. The van der Waals surface area contributed by atoms with E-state index in [1.807, 2.05) is 31.2 Å². The number of aromatic nitrogens is 2. The highest BCUT2D eigenvalue weighted by Gasteiger charge is 2.24. The van der Waals surface area contributed by atoms with E-state index in [0.717, 1.165) is 11.1 Å². The van der Waals surface area contributed by atoms with Gasteiger partial charge in [-0.3, -0.25) is 0 Å². The number of halogens is 1. The molecule has 138 valence electrons. The summed E-state index contributed by atoms with van der Waals surface area (Å²) in [5.41, 5.74) is 2.82. The second-order valence-electron chi connectivity index (χ2n) is 6.24. The van der Waals surface area contributed by atoms with E-state index < -0.39 is 22.8 Å². The van der Waals surface area contributed by atoms with Gasteiger partial charge in [0.15, 0.2) is 11.1 Å². The lowest BCUT2D eigenvalue weighted by Gasteiger charge is -2.16. The Kier molecular flexibility index (Phi) is 5.84. The molecule has 0 spiro atoms. The number of nitrogens with zero attached hydrogens (tertiary/aromatic N) is 2.